The third-order valence-electron chi connectivity index (χ3n) is 6.16. The van der Waals surface area contributed by atoms with Gasteiger partial charge in [-0.3, -0.25) is 0 Å². The van der Waals surface area contributed by atoms with Crippen molar-refractivity contribution in [2.45, 2.75) is 51.1 Å². The number of hydrogen-bond acceptors (Lipinski definition) is 3. The molecule has 136 valence electrons. The molecule has 0 saturated carbocycles. The van der Waals surface area contributed by atoms with E-state index in [0.29, 0.717) is 11.8 Å². The Morgan fingerprint density at radius 1 is 1.00 bits per heavy atom. The van der Waals surface area contributed by atoms with Gasteiger partial charge in [-0.1, -0.05) is 24.6 Å². The van der Waals surface area contributed by atoms with Gasteiger partial charge in [0.2, 0.25) is 0 Å². The Hall–Kier alpha value is -2.14. The number of rotatable bonds is 3. The smallest absolute Gasteiger partial charge is 0.153 e. The largest absolute Gasteiger partial charge is 0.381 e. The highest BCUT2D eigenvalue weighted by Gasteiger charge is 2.31. The minimum Gasteiger partial charge on any atom is -0.381 e. The van der Waals surface area contributed by atoms with E-state index < -0.39 is 0 Å². The van der Waals surface area contributed by atoms with Crippen LogP contribution < -0.4 is 0 Å². The van der Waals surface area contributed by atoms with Crippen LogP contribution in [0.25, 0.3) is 10.9 Å². The van der Waals surface area contributed by atoms with Gasteiger partial charge in [0.05, 0.1) is 6.54 Å². The Bertz CT molecular complexity index is 890. The number of aromatic nitrogens is 4. The summed E-state index contributed by atoms with van der Waals surface area (Å²) in [6, 6.07) is 10.7. The van der Waals surface area contributed by atoms with Gasteiger partial charge in [0.25, 0.3) is 0 Å². The van der Waals surface area contributed by atoms with E-state index in [1.165, 1.54) is 36.0 Å². The van der Waals surface area contributed by atoms with Crippen molar-refractivity contribution in [1.29, 1.82) is 0 Å². The lowest BCUT2D eigenvalue weighted by atomic mass is 9.82. The van der Waals surface area contributed by atoms with Crippen LogP contribution in [0.3, 0.4) is 0 Å². The van der Waals surface area contributed by atoms with E-state index in [0.717, 1.165) is 45.0 Å². The van der Waals surface area contributed by atoms with Gasteiger partial charge in [0, 0.05) is 37.4 Å². The quantitative estimate of drug-likeness (QED) is 0.718. The predicted molar refractivity (Wildman–Crippen MR) is 101 cm³/mol. The van der Waals surface area contributed by atoms with E-state index >= 15 is 0 Å². The zero-order chi connectivity index (χ0) is 17.3. The Kier molecular flexibility index (Phi) is 4.25. The molecule has 0 aliphatic carbocycles. The molecule has 0 bridgehead atoms. The SMILES string of the molecule is c1ccc2c(c1)ccn2Cc1nnc2n1CCCCC2C1CCOCC1. The van der Waals surface area contributed by atoms with E-state index in [2.05, 4.69) is 50.8 Å². The minimum atomic E-state index is 0.545. The van der Waals surface area contributed by atoms with Crippen LogP contribution in [0.1, 0.15) is 49.7 Å². The van der Waals surface area contributed by atoms with Crippen molar-refractivity contribution in [3.05, 3.63) is 48.2 Å². The maximum absolute atomic E-state index is 5.58. The number of benzene rings is 1. The van der Waals surface area contributed by atoms with Crippen LogP contribution >= 0.6 is 0 Å². The number of nitrogens with zero attached hydrogens (tertiary/aromatic N) is 4. The van der Waals surface area contributed by atoms with Gasteiger partial charge < -0.3 is 13.9 Å². The summed E-state index contributed by atoms with van der Waals surface area (Å²) in [5, 5.41) is 10.6. The highest BCUT2D eigenvalue weighted by Crippen LogP contribution is 2.37. The third-order valence-corrected chi connectivity index (χ3v) is 6.16. The van der Waals surface area contributed by atoms with E-state index in [1.54, 1.807) is 0 Å². The predicted octanol–water partition coefficient (Wildman–Crippen LogP) is 3.98. The van der Waals surface area contributed by atoms with Crippen LogP contribution in [0, 0.1) is 5.92 Å². The lowest BCUT2D eigenvalue weighted by Gasteiger charge is -2.29. The molecule has 3 aromatic rings. The van der Waals surface area contributed by atoms with E-state index in [4.69, 9.17) is 9.84 Å². The topological polar surface area (TPSA) is 44.9 Å². The fourth-order valence-electron chi connectivity index (χ4n) is 4.74. The maximum atomic E-state index is 5.58. The Morgan fingerprint density at radius 3 is 2.81 bits per heavy atom. The van der Waals surface area contributed by atoms with Crippen LogP contribution in [-0.4, -0.2) is 32.5 Å². The Balaban J connectivity index is 1.47. The van der Waals surface area contributed by atoms with E-state index in [1.807, 2.05) is 0 Å². The summed E-state index contributed by atoms with van der Waals surface area (Å²) >= 11 is 0. The van der Waals surface area contributed by atoms with Crippen molar-refractivity contribution in [3.8, 4) is 0 Å². The van der Waals surface area contributed by atoms with Gasteiger partial charge in [-0.25, -0.2) is 0 Å². The summed E-state index contributed by atoms with van der Waals surface area (Å²) in [7, 11) is 0. The molecule has 0 spiro atoms. The molecular weight excluding hydrogens is 324 g/mol. The zero-order valence-electron chi connectivity index (χ0n) is 15.2. The van der Waals surface area contributed by atoms with Gasteiger partial charge in [-0.2, -0.15) is 0 Å². The number of para-hydroxylation sites is 1. The van der Waals surface area contributed by atoms with E-state index in [-0.39, 0.29) is 0 Å². The number of hydrogen-bond donors (Lipinski definition) is 0. The summed E-state index contributed by atoms with van der Waals surface area (Å²) in [5.74, 6) is 3.57. The number of ether oxygens (including phenoxy) is 1. The average molecular weight is 350 g/mol. The van der Waals surface area contributed by atoms with Gasteiger partial charge >= 0.3 is 0 Å². The van der Waals surface area contributed by atoms with Gasteiger partial charge in [-0.15, -0.1) is 10.2 Å². The Morgan fingerprint density at radius 2 is 1.88 bits per heavy atom. The van der Waals surface area contributed by atoms with Crippen LogP contribution in [0.5, 0.6) is 0 Å². The second-order valence-electron chi connectivity index (χ2n) is 7.68. The normalized spacial score (nSPS) is 21.6. The van der Waals surface area contributed by atoms with Crippen LogP contribution in [0.2, 0.25) is 0 Å². The molecule has 1 fully saturated rings. The molecule has 1 saturated heterocycles. The molecule has 0 radical (unpaired) electrons. The first-order chi connectivity index (χ1) is 12.9. The molecule has 0 amide bonds. The molecule has 2 aromatic heterocycles. The molecule has 2 aliphatic rings. The standard InChI is InChI=1S/C21H26N4O/c1-2-7-19-17(5-1)8-12-24(19)15-20-22-23-21-18(6-3-4-11-25(20)21)16-9-13-26-14-10-16/h1-2,5,7-8,12,16,18H,3-4,6,9-11,13-15H2. The molecule has 1 atom stereocenters. The van der Waals surface area contributed by atoms with Crippen molar-refractivity contribution in [2.24, 2.45) is 5.92 Å². The fourth-order valence-corrected chi connectivity index (χ4v) is 4.74. The second-order valence-corrected chi connectivity index (χ2v) is 7.68. The zero-order valence-corrected chi connectivity index (χ0v) is 15.2. The van der Waals surface area contributed by atoms with Crippen LogP contribution in [0.15, 0.2) is 36.5 Å². The first-order valence-corrected chi connectivity index (χ1v) is 9.94. The molecule has 5 heteroatoms. The highest BCUT2D eigenvalue weighted by atomic mass is 16.5. The molecule has 1 aromatic carbocycles. The molecule has 5 nitrogen and oxygen atoms in total. The summed E-state index contributed by atoms with van der Waals surface area (Å²) in [6.07, 6.45) is 8.25. The summed E-state index contributed by atoms with van der Waals surface area (Å²) in [4.78, 5) is 0. The van der Waals surface area contributed by atoms with Crippen LogP contribution in [0.4, 0.5) is 0 Å². The van der Waals surface area contributed by atoms with E-state index in [9.17, 15) is 0 Å². The summed E-state index contributed by atoms with van der Waals surface area (Å²) < 4.78 is 10.3. The lowest BCUT2D eigenvalue weighted by molar-refractivity contribution is 0.0556. The van der Waals surface area contributed by atoms with Crippen LogP contribution in [-0.2, 0) is 17.8 Å². The lowest BCUT2D eigenvalue weighted by Crippen LogP contribution is -2.24. The number of fused-ring (bicyclic) bond motifs is 2. The monoisotopic (exact) mass is 350 g/mol. The first kappa shape index (κ1) is 16.1. The molecule has 26 heavy (non-hydrogen) atoms. The van der Waals surface area contributed by atoms with Gasteiger partial charge in [-0.05, 0) is 49.1 Å². The first-order valence-electron chi connectivity index (χ1n) is 9.94. The summed E-state index contributed by atoms with van der Waals surface area (Å²) in [5.41, 5.74) is 1.26. The molecular formula is C21H26N4O. The third kappa shape index (κ3) is 2.84. The second kappa shape index (κ2) is 6.88. The molecule has 2 aliphatic heterocycles. The van der Waals surface area contributed by atoms with Crippen molar-refractivity contribution in [2.75, 3.05) is 13.2 Å². The average Bonchev–Trinajstić information content (AvgIpc) is 3.21. The van der Waals surface area contributed by atoms with Crippen molar-refractivity contribution >= 4 is 10.9 Å². The highest BCUT2D eigenvalue weighted by molar-refractivity contribution is 5.79. The molecule has 0 N–H and O–H groups in total. The fraction of sp³-hybridized carbons (Fsp3) is 0.524. The maximum Gasteiger partial charge on any atom is 0.153 e. The van der Waals surface area contributed by atoms with Gasteiger partial charge in [0.15, 0.2) is 5.82 Å². The molecule has 1 unspecified atom stereocenters. The van der Waals surface area contributed by atoms with Crippen molar-refractivity contribution in [3.63, 3.8) is 0 Å². The van der Waals surface area contributed by atoms with Gasteiger partial charge in [0.1, 0.15) is 5.82 Å². The molecule has 5 rings (SSSR count). The molecule has 4 heterocycles. The summed E-state index contributed by atoms with van der Waals surface area (Å²) in [6.45, 7) is 3.65. The Labute approximate surface area is 154 Å². The van der Waals surface area contributed by atoms with Crippen molar-refractivity contribution in [1.82, 2.24) is 19.3 Å². The minimum absolute atomic E-state index is 0.545. The van der Waals surface area contributed by atoms with Crippen molar-refractivity contribution < 1.29 is 4.74 Å².